The number of carbonyl (C=O) groups excluding carboxylic acids is 1. The summed E-state index contributed by atoms with van der Waals surface area (Å²) < 4.78 is 0. The van der Waals surface area contributed by atoms with E-state index in [4.69, 9.17) is 5.11 Å². The van der Waals surface area contributed by atoms with Gasteiger partial charge < -0.3 is 20.7 Å². The predicted molar refractivity (Wildman–Crippen MR) is 89.7 cm³/mol. The first-order valence-electron chi connectivity index (χ1n) is 7.09. The van der Waals surface area contributed by atoms with E-state index in [0.29, 0.717) is 5.56 Å². The van der Waals surface area contributed by atoms with Gasteiger partial charge in [0.25, 0.3) is 0 Å². The van der Waals surface area contributed by atoms with E-state index in [1.165, 1.54) is 11.6 Å². The molecule has 0 saturated carbocycles. The van der Waals surface area contributed by atoms with E-state index in [-0.39, 0.29) is 11.7 Å². The smallest absolute Gasteiger partial charge is 0.169 e. The molecule has 120 valence electrons. The average molecular weight is 303 g/mol. The number of nitrogens with zero attached hydrogens (tertiary/aromatic N) is 1. The van der Waals surface area contributed by atoms with Crippen molar-refractivity contribution in [1.82, 2.24) is 5.48 Å². The lowest BCUT2D eigenvalue weighted by molar-refractivity contribution is 0.0953. The first-order chi connectivity index (χ1) is 10.3. The van der Waals surface area contributed by atoms with Crippen LogP contribution in [0.1, 0.15) is 24.2 Å². The van der Waals surface area contributed by atoms with Crippen molar-refractivity contribution >= 4 is 11.5 Å². The summed E-state index contributed by atoms with van der Waals surface area (Å²) in [6.45, 7) is 3.63. The van der Waals surface area contributed by atoms with Crippen LogP contribution in [-0.2, 0) is 0 Å². The Kier molecular flexibility index (Phi) is 6.98. The fraction of sp³-hybridized carbons (Fsp3) is 0.353. The summed E-state index contributed by atoms with van der Waals surface area (Å²) in [5.41, 5.74) is 3.96. The molecule has 0 fully saturated rings. The number of hydroxylamine groups is 1. The highest BCUT2D eigenvalue weighted by Crippen LogP contribution is 2.17. The maximum atomic E-state index is 12.4. The molecule has 0 radical (unpaired) electrons. The minimum Gasteiger partial charge on any atom is -0.786 e. The molecular formula is C17H23N2O3-. The van der Waals surface area contributed by atoms with Crippen molar-refractivity contribution < 1.29 is 9.90 Å². The minimum atomic E-state index is -1.23. The van der Waals surface area contributed by atoms with Crippen LogP contribution in [0.3, 0.4) is 0 Å². The molecule has 0 heterocycles. The average Bonchev–Trinajstić information content (AvgIpc) is 2.51. The van der Waals surface area contributed by atoms with Gasteiger partial charge in [-0.1, -0.05) is 24.6 Å². The SMILES string of the molecule is CC(C=CC(O)N[O-])=CC(C)C(=O)c1ccc(N(C)C)cc1. The standard InChI is InChI=1S/C17H23N2O3/c1-12(5-10-16(20)18-22)11-13(2)17(21)14-6-8-15(9-7-14)19(3)4/h5-11,13,16,18,20H,1-4H3/q-1. The summed E-state index contributed by atoms with van der Waals surface area (Å²) in [5.74, 6) is -0.257. The monoisotopic (exact) mass is 303 g/mol. The van der Waals surface area contributed by atoms with Gasteiger partial charge in [-0.25, -0.2) is 0 Å². The molecule has 0 aliphatic rings. The van der Waals surface area contributed by atoms with Gasteiger partial charge in [-0.05, 0) is 37.3 Å². The van der Waals surface area contributed by atoms with E-state index in [1.807, 2.05) is 57.1 Å². The molecule has 5 nitrogen and oxygen atoms in total. The second-order valence-corrected chi connectivity index (χ2v) is 5.43. The molecule has 0 saturated heterocycles. The van der Waals surface area contributed by atoms with E-state index in [1.54, 1.807) is 12.2 Å². The molecule has 0 aliphatic carbocycles. The summed E-state index contributed by atoms with van der Waals surface area (Å²) in [6, 6.07) is 7.45. The number of nitrogens with one attached hydrogen (secondary N) is 1. The van der Waals surface area contributed by atoms with Crippen molar-refractivity contribution in [2.75, 3.05) is 19.0 Å². The Morgan fingerprint density at radius 2 is 1.91 bits per heavy atom. The van der Waals surface area contributed by atoms with Gasteiger partial charge in [0, 0.05) is 31.3 Å². The number of carbonyl (C=O) groups is 1. The molecule has 0 aliphatic heterocycles. The summed E-state index contributed by atoms with van der Waals surface area (Å²) in [4.78, 5) is 14.3. The molecule has 1 rings (SSSR count). The maximum Gasteiger partial charge on any atom is 0.169 e. The molecule has 2 N–H and O–H groups in total. The third-order valence-corrected chi connectivity index (χ3v) is 3.26. The molecule has 2 unspecified atom stereocenters. The Morgan fingerprint density at radius 1 is 1.32 bits per heavy atom. The molecule has 22 heavy (non-hydrogen) atoms. The fourth-order valence-corrected chi connectivity index (χ4v) is 1.99. The molecular weight excluding hydrogens is 280 g/mol. The van der Waals surface area contributed by atoms with E-state index < -0.39 is 6.23 Å². The molecule has 1 aromatic rings. The number of aliphatic hydroxyl groups excluding tert-OH is 1. The van der Waals surface area contributed by atoms with E-state index in [2.05, 4.69) is 0 Å². The Balaban J connectivity index is 2.77. The highest BCUT2D eigenvalue weighted by Gasteiger charge is 2.13. The first kappa shape index (κ1) is 18.1. The van der Waals surface area contributed by atoms with Crippen LogP contribution in [0.2, 0.25) is 0 Å². The van der Waals surface area contributed by atoms with Gasteiger partial charge in [0.2, 0.25) is 0 Å². The van der Waals surface area contributed by atoms with Gasteiger partial charge in [-0.15, -0.1) is 0 Å². The molecule has 0 amide bonds. The fourth-order valence-electron chi connectivity index (χ4n) is 1.99. The highest BCUT2D eigenvalue weighted by atomic mass is 16.5. The minimum absolute atomic E-state index is 0.0283. The van der Waals surface area contributed by atoms with Crippen molar-refractivity contribution in [1.29, 1.82) is 0 Å². The topological polar surface area (TPSA) is 75.6 Å². The number of hydrogen-bond acceptors (Lipinski definition) is 5. The largest absolute Gasteiger partial charge is 0.786 e. The lowest BCUT2D eigenvalue weighted by Crippen LogP contribution is -2.19. The summed E-state index contributed by atoms with van der Waals surface area (Å²) in [7, 11) is 3.89. The second-order valence-electron chi connectivity index (χ2n) is 5.43. The van der Waals surface area contributed by atoms with Crippen LogP contribution in [0.4, 0.5) is 5.69 Å². The normalized spacial score (nSPS) is 14.9. The van der Waals surface area contributed by atoms with Crippen LogP contribution in [-0.4, -0.2) is 31.2 Å². The number of ketones is 1. The lowest BCUT2D eigenvalue weighted by Gasteiger charge is -2.13. The Labute approximate surface area is 131 Å². The lowest BCUT2D eigenvalue weighted by atomic mass is 9.97. The number of rotatable bonds is 7. The molecule has 0 spiro atoms. The van der Waals surface area contributed by atoms with E-state index in [9.17, 15) is 10.0 Å². The van der Waals surface area contributed by atoms with Crippen LogP contribution < -0.4 is 10.4 Å². The first-order valence-corrected chi connectivity index (χ1v) is 7.09. The van der Waals surface area contributed by atoms with Crippen molar-refractivity contribution in [3.63, 3.8) is 0 Å². The number of hydrogen-bond donors (Lipinski definition) is 2. The second kappa shape index (κ2) is 8.48. The number of anilines is 1. The Hall–Kier alpha value is -1.95. The maximum absolute atomic E-state index is 12.4. The van der Waals surface area contributed by atoms with Gasteiger partial charge in [0.15, 0.2) is 5.78 Å². The van der Waals surface area contributed by atoms with Crippen molar-refractivity contribution in [2.45, 2.75) is 20.1 Å². The molecule has 0 aromatic heterocycles. The summed E-state index contributed by atoms with van der Waals surface area (Å²) >= 11 is 0. The van der Waals surface area contributed by atoms with Crippen LogP contribution in [0.15, 0.2) is 48.1 Å². The predicted octanol–water partition coefficient (Wildman–Crippen LogP) is 2.48. The molecule has 2 atom stereocenters. The zero-order valence-corrected chi connectivity index (χ0v) is 13.4. The number of benzene rings is 1. The molecule has 1 aromatic carbocycles. The van der Waals surface area contributed by atoms with Crippen LogP contribution in [0, 0.1) is 11.1 Å². The van der Waals surface area contributed by atoms with Gasteiger partial charge in [0.1, 0.15) is 6.23 Å². The van der Waals surface area contributed by atoms with Crippen molar-refractivity contribution in [3.05, 3.63) is 58.8 Å². The summed E-state index contributed by atoms with van der Waals surface area (Å²) in [5, 5.41) is 19.3. The quantitative estimate of drug-likeness (QED) is 0.350. The number of Topliss-reactive ketones (excluding diaryl/α,β-unsaturated/α-hetero) is 1. The number of aliphatic hydroxyl groups is 1. The molecule has 0 bridgehead atoms. The van der Waals surface area contributed by atoms with E-state index in [0.717, 1.165) is 11.3 Å². The van der Waals surface area contributed by atoms with Gasteiger partial charge >= 0.3 is 0 Å². The van der Waals surface area contributed by atoms with Crippen LogP contribution >= 0.6 is 0 Å². The number of allylic oxidation sites excluding steroid dienone is 3. The Bertz CT molecular complexity index is 548. The van der Waals surface area contributed by atoms with E-state index >= 15 is 0 Å². The Morgan fingerprint density at radius 3 is 2.41 bits per heavy atom. The van der Waals surface area contributed by atoms with Crippen molar-refractivity contribution in [3.8, 4) is 0 Å². The zero-order valence-electron chi connectivity index (χ0n) is 13.4. The highest BCUT2D eigenvalue weighted by molar-refractivity contribution is 5.99. The van der Waals surface area contributed by atoms with Crippen molar-refractivity contribution in [2.24, 2.45) is 5.92 Å². The summed E-state index contributed by atoms with van der Waals surface area (Å²) in [6.07, 6.45) is 3.51. The zero-order chi connectivity index (χ0) is 16.7. The third kappa shape index (κ3) is 5.44. The third-order valence-electron chi connectivity index (χ3n) is 3.26. The van der Waals surface area contributed by atoms with Gasteiger partial charge in [-0.2, -0.15) is 0 Å². The van der Waals surface area contributed by atoms with Crippen LogP contribution in [0.5, 0.6) is 0 Å². The van der Waals surface area contributed by atoms with Gasteiger partial charge in [0.05, 0.1) is 0 Å². The molecule has 5 heteroatoms. The van der Waals surface area contributed by atoms with Gasteiger partial charge in [-0.3, -0.25) is 4.79 Å². The van der Waals surface area contributed by atoms with Crippen LogP contribution in [0.25, 0.3) is 0 Å².